The number of rotatable bonds is 6. The average Bonchev–Trinajstić information content (AvgIpc) is 3.32. The van der Waals surface area contributed by atoms with Crippen LogP contribution in [0, 0.1) is 0 Å². The van der Waals surface area contributed by atoms with Gasteiger partial charge in [-0.05, 0) is 67.0 Å². The van der Waals surface area contributed by atoms with Crippen LogP contribution < -0.4 is 0 Å². The van der Waals surface area contributed by atoms with Crippen molar-refractivity contribution in [2.75, 3.05) is 32.8 Å². The second kappa shape index (κ2) is 10.6. The highest BCUT2D eigenvalue weighted by Gasteiger charge is 2.33. The molecule has 2 aliphatic rings. The molecule has 1 aliphatic carbocycles. The Hall–Kier alpha value is -2.90. The molecule has 178 valence electrons. The minimum atomic E-state index is -0.215. The molecule has 1 amide bonds. The molecular weight excluding hydrogens is 450 g/mol. The van der Waals surface area contributed by atoms with Gasteiger partial charge in [-0.25, -0.2) is 9.78 Å². The van der Waals surface area contributed by atoms with Gasteiger partial charge in [-0.15, -0.1) is 0 Å². The summed E-state index contributed by atoms with van der Waals surface area (Å²) in [6.45, 7) is 3.29. The highest BCUT2D eigenvalue weighted by atomic mass is 35.5. The summed E-state index contributed by atoms with van der Waals surface area (Å²) < 4.78 is 5.54. The maximum Gasteiger partial charge on any atom is 0.409 e. The number of piperazine rings is 1. The molecule has 1 saturated heterocycles. The molecule has 1 atom stereocenters. The Morgan fingerprint density at radius 2 is 1.97 bits per heavy atom. The Morgan fingerprint density at radius 1 is 1.12 bits per heavy atom. The van der Waals surface area contributed by atoms with Gasteiger partial charge in [0.25, 0.3) is 0 Å². The van der Waals surface area contributed by atoms with Crippen molar-refractivity contribution in [1.82, 2.24) is 24.8 Å². The van der Waals surface area contributed by atoms with Crippen LogP contribution in [-0.2, 0) is 24.0 Å². The fraction of sp³-hybridized carbons (Fsp3) is 0.423. The first-order chi connectivity index (χ1) is 16.7. The van der Waals surface area contributed by atoms with Gasteiger partial charge in [0.05, 0.1) is 24.7 Å². The number of ether oxygens (including phenoxy) is 1. The van der Waals surface area contributed by atoms with Gasteiger partial charge in [-0.3, -0.25) is 9.88 Å². The number of carbonyl (C=O) groups excluding carboxylic acids is 1. The molecule has 1 N–H and O–H groups in total. The van der Waals surface area contributed by atoms with Crippen LogP contribution in [0.5, 0.6) is 0 Å². The van der Waals surface area contributed by atoms with E-state index in [0.717, 1.165) is 61.6 Å². The van der Waals surface area contributed by atoms with Crippen molar-refractivity contribution < 1.29 is 9.53 Å². The number of benzene rings is 1. The Bertz CT molecular complexity index is 1110. The van der Waals surface area contributed by atoms with E-state index in [1.54, 1.807) is 6.33 Å². The van der Waals surface area contributed by atoms with Crippen molar-refractivity contribution in [2.24, 2.45) is 0 Å². The second-order valence-corrected chi connectivity index (χ2v) is 9.40. The lowest BCUT2D eigenvalue weighted by Crippen LogP contribution is -2.50. The summed E-state index contributed by atoms with van der Waals surface area (Å²) in [6, 6.07) is 10.5. The standard InChI is InChI=1S/C26H30ClN5O2/c27-21-8-9-23-20(16-21)7-6-19-4-3-10-29-24(19)25(23)31-11-13-32(14-12-31)26(33)34-15-2-1-5-22-17-28-18-30-22/h3-4,8-10,16-18,25H,1-2,5-7,11-15H2,(H,28,30). The number of imidazole rings is 1. The summed E-state index contributed by atoms with van der Waals surface area (Å²) in [5.41, 5.74) is 6.08. The van der Waals surface area contributed by atoms with Crippen LogP contribution >= 0.6 is 11.6 Å². The third-order valence-electron chi connectivity index (χ3n) is 6.81. The van der Waals surface area contributed by atoms with E-state index in [9.17, 15) is 4.79 Å². The Labute approximate surface area is 205 Å². The highest BCUT2D eigenvalue weighted by molar-refractivity contribution is 6.30. The number of nitrogens with one attached hydrogen (secondary N) is 1. The van der Waals surface area contributed by atoms with E-state index in [2.05, 4.69) is 33.1 Å². The zero-order valence-corrected chi connectivity index (χ0v) is 20.0. The lowest BCUT2D eigenvalue weighted by atomic mass is 9.96. The minimum absolute atomic E-state index is 0.0756. The molecule has 0 saturated carbocycles. The molecule has 1 aromatic carbocycles. The number of halogens is 1. The summed E-state index contributed by atoms with van der Waals surface area (Å²) in [7, 11) is 0. The van der Waals surface area contributed by atoms with E-state index in [4.69, 9.17) is 21.3 Å². The summed E-state index contributed by atoms with van der Waals surface area (Å²) in [6.07, 6.45) is 9.82. The van der Waals surface area contributed by atoms with Crippen molar-refractivity contribution in [3.05, 3.63) is 82.2 Å². The molecule has 3 aromatic rings. The molecule has 1 aliphatic heterocycles. The normalized spacial score (nSPS) is 18.1. The van der Waals surface area contributed by atoms with Crippen LogP contribution in [0.15, 0.2) is 49.1 Å². The SMILES string of the molecule is O=C(OCCCCc1cnc[nH]1)N1CCN(C2c3ccc(Cl)cc3CCc3cccnc32)CC1. The average molecular weight is 480 g/mol. The fourth-order valence-electron chi connectivity index (χ4n) is 5.00. The smallest absolute Gasteiger partial charge is 0.409 e. The van der Waals surface area contributed by atoms with Crippen LogP contribution in [0.3, 0.4) is 0 Å². The number of pyridine rings is 1. The van der Waals surface area contributed by atoms with E-state index < -0.39 is 0 Å². The first kappa shape index (κ1) is 22.9. The molecule has 8 heteroatoms. The van der Waals surface area contributed by atoms with Gasteiger partial charge in [-0.1, -0.05) is 23.7 Å². The monoisotopic (exact) mass is 479 g/mol. The van der Waals surface area contributed by atoms with Crippen LogP contribution in [0.1, 0.15) is 47.0 Å². The van der Waals surface area contributed by atoms with Gasteiger partial charge in [0.15, 0.2) is 0 Å². The molecule has 0 spiro atoms. The quantitative estimate of drug-likeness (QED) is 0.529. The third-order valence-corrected chi connectivity index (χ3v) is 7.04. The Morgan fingerprint density at radius 3 is 2.79 bits per heavy atom. The van der Waals surface area contributed by atoms with E-state index in [0.29, 0.717) is 19.7 Å². The van der Waals surface area contributed by atoms with Gasteiger partial charge >= 0.3 is 6.09 Å². The summed E-state index contributed by atoms with van der Waals surface area (Å²) in [4.78, 5) is 28.8. The molecule has 1 fully saturated rings. The molecule has 0 radical (unpaired) electrons. The fourth-order valence-corrected chi connectivity index (χ4v) is 5.20. The van der Waals surface area contributed by atoms with Crippen molar-refractivity contribution in [2.45, 2.75) is 38.1 Å². The Balaban J connectivity index is 1.19. The third kappa shape index (κ3) is 5.10. The summed E-state index contributed by atoms with van der Waals surface area (Å²) >= 11 is 6.32. The van der Waals surface area contributed by atoms with Gasteiger partial charge in [0, 0.05) is 49.3 Å². The maximum absolute atomic E-state index is 12.6. The zero-order chi connectivity index (χ0) is 23.3. The number of amides is 1. The minimum Gasteiger partial charge on any atom is -0.449 e. The maximum atomic E-state index is 12.6. The predicted octanol–water partition coefficient (Wildman–Crippen LogP) is 4.42. The van der Waals surface area contributed by atoms with Crippen LogP contribution in [0.2, 0.25) is 5.02 Å². The molecular formula is C26H30ClN5O2. The van der Waals surface area contributed by atoms with E-state index >= 15 is 0 Å². The van der Waals surface area contributed by atoms with Gasteiger partial charge in [0.2, 0.25) is 0 Å². The van der Waals surface area contributed by atoms with Gasteiger partial charge < -0.3 is 14.6 Å². The number of unbranched alkanes of at least 4 members (excludes halogenated alkanes) is 1. The topological polar surface area (TPSA) is 74.3 Å². The van der Waals surface area contributed by atoms with Crippen molar-refractivity contribution in [1.29, 1.82) is 0 Å². The number of carbonyl (C=O) groups is 1. The second-order valence-electron chi connectivity index (χ2n) is 8.96. The number of fused-ring (bicyclic) bond motifs is 2. The highest BCUT2D eigenvalue weighted by Crippen LogP contribution is 2.37. The first-order valence-electron chi connectivity index (χ1n) is 12.0. The van der Waals surface area contributed by atoms with Crippen molar-refractivity contribution in [3.63, 3.8) is 0 Å². The van der Waals surface area contributed by atoms with Crippen LogP contribution in [0.25, 0.3) is 0 Å². The van der Waals surface area contributed by atoms with Crippen molar-refractivity contribution in [3.8, 4) is 0 Å². The summed E-state index contributed by atoms with van der Waals surface area (Å²) in [5.74, 6) is 0. The molecule has 3 heterocycles. The van der Waals surface area contributed by atoms with Gasteiger partial charge in [0.1, 0.15) is 0 Å². The van der Waals surface area contributed by atoms with Crippen molar-refractivity contribution >= 4 is 17.7 Å². The zero-order valence-electron chi connectivity index (χ0n) is 19.3. The molecule has 7 nitrogen and oxygen atoms in total. The van der Waals surface area contributed by atoms with E-state index in [1.165, 1.54) is 16.7 Å². The molecule has 5 rings (SSSR count). The van der Waals surface area contributed by atoms with Gasteiger partial charge in [-0.2, -0.15) is 0 Å². The number of nitrogens with zero attached hydrogens (tertiary/aromatic N) is 4. The lowest BCUT2D eigenvalue weighted by Gasteiger charge is -2.39. The number of aryl methyl sites for hydroxylation is 3. The number of hydrogen-bond acceptors (Lipinski definition) is 5. The van der Waals surface area contributed by atoms with E-state index in [1.807, 2.05) is 29.4 Å². The first-order valence-corrected chi connectivity index (χ1v) is 12.4. The van der Waals surface area contributed by atoms with Crippen LogP contribution in [-0.4, -0.2) is 63.6 Å². The van der Waals surface area contributed by atoms with E-state index in [-0.39, 0.29) is 12.1 Å². The molecule has 0 bridgehead atoms. The summed E-state index contributed by atoms with van der Waals surface area (Å²) in [5, 5.41) is 0.772. The number of H-pyrrole nitrogens is 1. The number of hydrogen-bond donors (Lipinski definition) is 1. The van der Waals surface area contributed by atoms with Crippen LogP contribution in [0.4, 0.5) is 4.79 Å². The lowest BCUT2D eigenvalue weighted by molar-refractivity contribution is 0.0672. The molecule has 34 heavy (non-hydrogen) atoms. The number of aromatic amines is 1. The Kier molecular flexibility index (Phi) is 7.11. The number of aromatic nitrogens is 3. The molecule has 1 unspecified atom stereocenters. The largest absolute Gasteiger partial charge is 0.449 e. The predicted molar refractivity (Wildman–Crippen MR) is 131 cm³/mol. The molecule has 2 aromatic heterocycles.